The summed E-state index contributed by atoms with van der Waals surface area (Å²) in [6.45, 7) is 8.12. The first kappa shape index (κ1) is 13.2. The van der Waals surface area contributed by atoms with Gasteiger partial charge in [-0.15, -0.1) is 0 Å². The molecule has 0 spiro atoms. The second-order valence-electron chi connectivity index (χ2n) is 8.63. The van der Waals surface area contributed by atoms with Crippen molar-refractivity contribution in [3.05, 3.63) is 22.3 Å². The van der Waals surface area contributed by atoms with Crippen molar-refractivity contribution in [3.8, 4) is 0 Å². The topological polar surface area (TPSA) is 71.1 Å². The minimum Gasteiger partial charge on any atom is -0.704 e. The number of hydrazine groups is 1. The largest absolute Gasteiger partial charge is 0.704 e. The molecule has 3 heterocycles. The first-order chi connectivity index (χ1) is 10.3. The highest BCUT2D eigenvalue weighted by molar-refractivity contribution is 5.32. The van der Waals surface area contributed by atoms with Gasteiger partial charge in [-0.1, -0.05) is 26.0 Å². The molecule has 6 rings (SSSR count). The van der Waals surface area contributed by atoms with Gasteiger partial charge < -0.3 is 5.21 Å². The van der Waals surface area contributed by atoms with E-state index in [4.69, 9.17) is 0 Å². The van der Waals surface area contributed by atoms with E-state index in [9.17, 15) is 10.1 Å². The normalized spacial score (nSPS) is 59.3. The molecule has 0 aromatic rings. The van der Waals surface area contributed by atoms with Crippen molar-refractivity contribution in [1.29, 1.82) is 0 Å². The van der Waals surface area contributed by atoms with Crippen molar-refractivity contribution in [1.82, 2.24) is 5.17 Å². The first-order valence-electron chi connectivity index (χ1n) is 8.29. The Kier molecular flexibility index (Phi) is 1.97. The van der Waals surface area contributed by atoms with Gasteiger partial charge in [0.25, 0.3) is 5.54 Å². The monoisotopic (exact) mass is 302 g/mol. The van der Waals surface area contributed by atoms with E-state index in [0.29, 0.717) is 11.8 Å². The molecule has 8 atom stereocenters. The number of hydrogen-bond donors (Lipinski definition) is 0. The predicted octanol–water partition coefficient (Wildman–Crippen LogP) is 2.69. The number of nitroso groups, excluding NO2 is 1. The summed E-state index contributed by atoms with van der Waals surface area (Å²) in [5.41, 5.74) is -1.81. The van der Waals surface area contributed by atoms with Crippen molar-refractivity contribution in [2.75, 3.05) is 0 Å². The van der Waals surface area contributed by atoms with E-state index in [-0.39, 0.29) is 23.9 Å². The Morgan fingerprint density at radius 2 is 1.86 bits per heavy atom. The van der Waals surface area contributed by atoms with Crippen LogP contribution in [-0.2, 0) is 0 Å². The Labute approximate surface area is 129 Å². The molecular formula is C16H22N4O2. The van der Waals surface area contributed by atoms with E-state index in [1.54, 1.807) is 0 Å². The maximum absolute atomic E-state index is 12.8. The molecule has 2 saturated carbocycles. The van der Waals surface area contributed by atoms with Gasteiger partial charge in [-0.25, -0.2) is 0 Å². The zero-order chi connectivity index (χ0) is 15.7. The lowest BCUT2D eigenvalue weighted by Crippen LogP contribution is -2.67. The maximum atomic E-state index is 12.8. The molecule has 3 fully saturated rings. The lowest BCUT2D eigenvalue weighted by atomic mass is 9.58. The molecule has 0 amide bonds. The summed E-state index contributed by atoms with van der Waals surface area (Å²) in [6.07, 6.45) is 5.53. The zero-order valence-electron chi connectivity index (χ0n) is 13.4. The highest BCUT2D eigenvalue weighted by Crippen LogP contribution is 2.73. The molecule has 22 heavy (non-hydrogen) atoms. The van der Waals surface area contributed by atoms with Crippen molar-refractivity contribution in [2.24, 2.45) is 39.3 Å². The first-order valence-corrected chi connectivity index (χ1v) is 8.29. The molecule has 4 bridgehead atoms. The van der Waals surface area contributed by atoms with Crippen LogP contribution in [0.2, 0.25) is 0 Å². The summed E-state index contributed by atoms with van der Waals surface area (Å²) in [4.78, 5) is 13.5. The van der Waals surface area contributed by atoms with Crippen LogP contribution in [0.1, 0.15) is 34.1 Å². The van der Waals surface area contributed by atoms with E-state index in [1.807, 2.05) is 13.8 Å². The van der Waals surface area contributed by atoms with E-state index in [0.717, 1.165) is 16.5 Å². The van der Waals surface area contributed by atoms with Crippen molar-refractivity contribution >= 4 is 0 Å². The number of azo groups is 1. The molecule has 0 radical (unpaired) electrons. The fraction of sp³-hybridized carbons (Fsp3) is 0.875. The summed E-state index contributed by atoms with van der Waals surface area (Å²) in [6, 6.07) is 0.126. The number of hydroxylamine groups is 1. The van der Waals surface area contributed by atoms with E-state index in [2.05, 4.69) is 36.2 Å². The predicted molar refractivity (Wildman–Crippen MR) is 79.6 cm³/mol. The fourth-order valence-electron chi connectivity index (χ4n) is 6.64. The van der Waals surface area contributed by atoms with Gasteiger partial charge in [0.05, 0.1) is 28.3 Å². The molecule has 0 aromatic heterocycles. The second-order valence-corrected chi connectivity index (χ2v) is 8.63. The summed E-state index contributed by atoms with van der Waals surface area (Å²) >= 11 is 0. The number of hydrogen-bond acceptors (Lipinski definition) is 4. The van der Waals surface area contributed by atoms with Gasteiger partial charge >= 0.3 is 0 Å². The van der Waals surface area contributed by atoms with E-state index in [1.165, 1.54) is 0 Å². The van der Waals surface area contributed by atoms with Crippen LogP contribution in [0.3, 0.4) is 0 Å². The fourth-order valence-corrected chi connectivity index (χ4v) is 6.64. The number of allylic oxidation sites excluding steroid dienone is 1. The standard InChI is InChI=1S/C16H22N4O2/c1-14(2)15(3)10-11(16(14,4)20(22)19(15)21)13-9-7-5-6-8(9)12(10)17-18-13/h5-6,8-13H,7H2,1-4H3/t8-,9+,10+,11-,12-,13+,15-,16+/m1/s1. The smallest absolute Gasteiger partial charge is 0.252 e. The van der Waals surface area contributed by atoms with E-state index >= 15 is 0 Å². The summed E-state index contributed by atoms with van der Waals surface area (Å²) < 4.78 is 0. The molecule has 6 aliphatic rings. The van der Waals surface area contributed by atoms with Crippen LogP contribution in [0.5, 0.6) is 0 Å². The Hall–Kier alpha value is -1.30. The third-order valence-corrected chi connectivity index (χ3v) is 8.34. The minimum absolute atomic E-state index is 0.0509. The average molecular weight is 302 g/mol. The Morgan fingerprint density at radius 1 is 1.18 bits per heavy atom. The molecule has 3 aliphatic carbocycles. The minimum atomic E-state index is -0.710. The molecule has 0 N–H and O–H groups in total. The quantitative estimate of drug-likeness (QED) is 0.510. The summed E-state index contributed by atoms with van der Waals surface area (Å²) in [5, 5.41) is 22.7. The number of nitrogens with zero attached hydrogens (tertiary/aromatic N) is 4. The van der Waals surface area contributed by atoms with Crippen LogP contribution >= 0.6 is 0 Å². The van der Waals surface area contributed by atoms with Crippen molar-refractivity contribution in [3.63, 3.8) is 0 Å². The molecule has 1 saturated heterocycles. The van der Waals surface area contributed by atoms with Crippen LogP contribution < -0.4 is 0 Å². The molecule has 118 valence electrons. The summed E-state index contributed by atoms with van der Waals surface area (Å²) in [5.74, 6) is 1.10. The maximum Gasteiger partial charge on any atom is 0.252 e. The van der Waals surface area contributed by atoms with Crippen LogP contribution in [0.4, 0.5) is 0 Å². The van der Waals surface area contributed by atoms with Crippen molar-refractivity contribution < 1.29 is 4.87 Å². The average Bonchev–Trinajstić information content (AvgIpc) is 3.07. The van der Waals surface area contributed by atoms with Crippen LogP contribution in [0.15, 0.2) is 22.4 Å². The third-order valence-electron chi connectivity index (χ3n) is 8.34. The Bertz CT molecular complexity index is 659. The lowest BCUT2D eigenvalue weighted by Gasteiger charge is -2.55. The van der Waals surface area contributed by atoms with Crippen LogP contribution in [-0.4, -0.2) is 33.2 Å². The third kappa shape index (κ3) is 0.922. The van der Waals surface area contributed by atoms with Gasteiger partial charge in [-0.05, 0) is 19.3 Å². The Balaban J connectivity index is 1.77. The van der Waals surface area contributed by atoms with Gasteiger partial charge in [0.15, 0.2) is 0 Å². The SMILES string of the molecule is CC1(C)[C@@]2(C)[C@@H]3[C@@H]4N=N[C@@H]([C@H]5CC=C[C@H]54)[C@@H]3[C@]1(C)[N+](=O)N2[O-]. The molecule has 6 nitrogen and oxygen atoms in total. The van der Waals surface area contributed by atoms with Crippen LogP contribution in [0, 0.1) is 39.2 Å². The molecule has 0 unspecified atom stereocenters. The number of fused-ring (bicyclic) bond motifs is 2. The molecule has 0 aromatic carbocycles. The molecular weight excluding hydrogens is 280 g/mol. The van der Waals surface area contributed by atoms with Gasteiger partial charge in [0, 0.05) is 18.8 Å². The van der Waals surface area contributed by atoms with E-state index < -0.39 is 16.5 Å². The van der Waals surface area contributed by atoms with Gasteiger partial charge in [0.1, 0.15) is 10.4 Å². The Morgan fingerprint density at radius 3 is 2.59 bits per heavy atom. The summed E-state index contributed by atoms with van der Waals surface area (Å²) in [7, 11) is 0. The second kappa shape index (κ2) is 3.30. The molecule has 3 aliphatic heterocycles. The van der Waals surface area contributed by atoms with Gasteiger partial charge in [-0.3, -0.25) is 0 Å². The highest BCUT2D eigenvalue weighted by Gasteiger charge is 2.89. The van der Waals surface area contributed by atoms with Crippen LogP contribution in [0.25, 0.3) is 0 Å². The zero-order valence-corrected chi connectivity index (χ0v) is 13.4. The lowest BCUT2D eigenvalue weighted by molar-refractivity contribution is -0.757. The number of rotatable bonds is 0. The van der Waals surface area contributed by atoms with Crippen molar-refractivity contribution in [2.45, 2.75) is 57.3 Å². The highest BCUT2D eigenvalue weighted by atomic mass is 16.6. The van der Waals surface area contributed by atoms with Gasteiger partial charge in [-0.2, -0.15) is 15.4 Å². The molecule has 6 heteroatoms. The van der Waals surface area contributed by atoms with Gasteiger partial charge in [0.2, 0.25) is 0 Å².